The van der Waals surface area contributed by atoms with Crippen LogP contribution in [0.25, 0.3) is 0 Å². The minimum atomic E-state index is 0.459. The van der Waals surface area contributed by atoms with E-state index in [0.717, 1.165) is 43.0 Å². The summed E-state index contributed by atoms with van der Waals surface area (Å²) in [6.07, 6.45) is 3.80. The molecule has 1 aliphatic carbocycles. The maximum atomic E-state index is 5.96. The first-order chi connectivity index (χ1) is 9.66. The Morgan fingerprint density at radius 2 is 1.90 bits per heavy atom. The molecule has 20 heavy (non-hydrogen) atoms. The highest BCUT2D eigenvalue weighted by atomic mass is 35.5. The molecule has 0 aliphatic heterocycles. The Kier molecular flexibility index (Phi) is 6.34. The van der Waals surface area contributed by atoms with Gasteiger partial charge in [-0.1, -0.05) is 37.6 Å². The summed E-state index contributed by atoms with van der Waals surface area (Å²) in [5, 5.41) is 4.44. The van der Waals surface area contributed by atoms with E-state index in [-0.39, 0.29) is 0 Å². The molecule has 1 aromatic carbocycles. The van der Waals surface area contributed by atoms with Crippen LogP contribution in [0.15, 0.2) is 24.3 Å². The fourth-order valence-electron chi connectivity index (χ4n) is 2.36. The van der Waals surface area contributed by atoms with E-state index in [2.05, 4.69) is 31.3 Å². The number of benzene rings is 1. The second-order valence-corrected chi connectivity index (χ2v) is 6.55. The minimum absolute atomic E-state index is 0.459. The smallest absolute Gasteiger partial charge is 0.0591 e. The SMILES string of the molecule is CC(C)CCOCCNC(c1ccc(Cl)cc1)C1CC1. The van der Waals surface area contributed by atoms with Crippen molar-refractivity contribution in [2.75, 3.05) is 19.8 Å². The Morgan fingerprint density at radius 1 is 1.20 bits per heavy atom. The summed E-state index contributed by atoms with van der Waals surface area (Å²) < 4.78 is 5.67. The van der Waals surface area contributed by atoms with E-state index in [1.807, 2.05) is 12.1 Å². The van der Waals surface area contributed by atoms with E-state index in [1.54, 1.807) is 0 Å². The fraction of sp³-hybridized carbons (Fsp3) is 0.647. The van der Waals surface area contributed by atoms with E-state index in [9.17, 15) is 0 Å². The Balaban J connectivity index is 1.72. The lowest BCUT2D eigenvalue weighted by molar-refractivity contribution is 0.122. The number of nitrogens with one attached hydrogen (secondary N) is 1. The lowest BCUT2D eigenvalue weighted by atomic mass is 10.0. The summed E-state index contributed by atoms with van der Waals surface area (Å²) in [6, 6.07) is 8.69. The van der Waals surface area contributed by atoms with Gasteiger partial charge in [0.05, 0.1) is 6.61 Å². The molecule has 0 saturated heterocycles. The van der Waals surface area contributed by atoms with Crippen molar-refractivity contribution < 1.29 is 4.74 Å². The van der Waals surface area contributed by atoms with Crippen molar-refractivity contribution in [2.45, 2.75) is 39.2 Å². The number of ether oxygens (including phenoxy) is 1. The second-order valence-electron chi connectivity index (χ2n) is 6.12. The van der Waals surface area contributed by atoms with Crippen molar-refractivity contribution in [1.82, 2.24) is 5.32 Å². The zero-order chi connectivity index (χ0) is 14.4. The number of hydrogen-bond acceptors (Lipinski definition) is 2. The summed E-state index contributed by atoms with van der Waals surface area (Å²) in [5.74, 6) is 1.50. The van der Waals surface area contributed by atoms with Crippen molar-refractivity contribution >= 4 is 11.6 Å². The normalized spacial score (nSPS) is 16.6. The summed E-state index contributed by atoms with van der Waals surface area (Å²) in [5.41, 5.74) is 1.35. The zero-order valence-electron chi connectivity index (χ0n) is 12.6. The fourth-order valence-corrected chi connectivity index (χ4v) is 2.49. The Morgan fingerprint density at radius 3 is 2.50 bits per heavy atom. The highest BCUT2D eigenvalue weighted by Crippen LogP contribution is 2.41. The van der Waals surface area contributed by atoms with Crippen LogP contribution < -0.4 is 5.32 Å². The van der Waals surface area contributed by atoms with Gasteiger partial charge in [0.2, 0.25) is 0 Å². The van der Waals surface area contributed by atoms with E-state index < -0.39 is 0 Å². The van der Waals surface area contributed by atoms with Crippen molar-refractivity contribution in [3.8, 4) is 0 Å². The third-order valence-corrected chi connectivity index (χ3v) is 4.02. The van der Waals surface area contributed by atoms with Crippen LogP contribution in [-0.2, 0) is 4.74 Å². The molecule has 1 unspecified atom stereocenters. The molecule has 1 aliphatic rings. The molecule has 0 radical (unpaired) electrons. The van der Waals surface area contributed by atoms with Gasteiger partial charge in [0.1, 0.15) is 0 Å². The maximum Gasteiger partial charge on any atom is 0.0591 e. The number of halogens is 1. The molecule has 2 rings (SSSR count). The number of rotatable bonds is 9. The lowest BCUT2D eigenvalue weighted by Crippen LogP contribution is -2.27. The van der Waals surface area contributed by atoms with E-state index >= 15 is 0 Å². The topological polar surface area (TPSA) is 21.3 Å². The van der Waals surface area contributed by atoms with Gasteiger partial charge in [-0.05, 0) is 48.8 Å². The van der Waals surface area contributed by atoms with Crippen LogP contribution in [0.3, 0.4) is 0 Å². The van der Waals surface area contributed by atoms with Gasteiger partial charge in [-0.2, -0.15) is 0 Å². The van der Waals surface area contributed by atoms with Crippen LogP contribution in [0.1, 0.15) is 44.7 Å². The van der Waals surface area contributed by atoms with Crippen LogP contribution in [0.4, 0.5) is 0 Å². The van der Waals surface area contributed by atoms with E-state index in [0.29, 0.717) is 6.04 Å². The van der Waals surface area contributed by atoms with Gasteiger partial charge in [0.15, 0.2) is 0 Å². The quantitative estimate of drug-likeness (QED) is 0.680. The molecule has 0 aromatic heterocycles. The van der Waals surface area contributed by atoms with Crippen LogP contribution in [-0.4, -0.2) is 19.8 Å². The minimum Gasteiger partial charge on any atom is -0.380 e. The molecule has 1 saturated carbocycles. The van der Waals surface area contributed by atoms with Gasteiger partial charge < -0.3 is 10.1 Å². The van der Waals surface area contributed by atoms with E-state index in [1.165, 1.54) is 18.4 Å². The van der Waals surface area contributed by atoms with Gasteiger partial charge in [-0.25, -0.2) is 0 Å². The molecule has 0 bridgehead atoms. The first-order valence-electron chi connectivity index (χ1n) is 7.73. The first kappa shape index (κ1) is 15.8. The maximum absolute atomic E-state index is 5.96. The van der Waals surface area contributed by atoms with Crippen molar-refractivity contribution in [1.29, 1.82) is 0 Å². The third kappa shape index (κ3) is 5.43. The molecule has 2 nitrogen and oxygen atoms in total. The predicted molar refractivity (Wildman–Crippen MR) is 85.2 cm³/mol. The van der Waals surface area contributed by atoms with Crippen LogP contribution in [0, 0.1) is 11.8 Å². The van der Waals surface area contributed by atoms with Crippen molar-refractivity contribution in [3.63, 3.8) is 0 Å². The van der Waals surface area contributed by atoms with Crippen LogP contribution in [0.5, 0.6) is 0 Å². The highest BCUT2D eigenvalue weighted by Gasteiger charge is 2.31. The summed E-state index contributed by atoms with van der Waals surface area (Å²) >= 11 is 5.96. The van der Waals surface area contributed by atoms with E-state index in [4.69, 9.17) is 16.3 Å². The summed E-state index contributed by atoms with van der Waals surface area (Å²) in [6.45, 7) is 7.04. The molecule has 3 heteroatoms. The van der Waals surface area contributed by atoms with Gasteiger partial charge in [0.25, 0.3) is 0 Å². The van der Waals surface area contributed by atoms with Gasteiger partial charge in [-0.15, -0.1) is 0 Å². The molecule has 1 N–H and O–H groups in total. The molecular weight excluding hydrogens is 270 g/mol. The molecule has 1 atom stereocenters. The predicted octanol–water partition coefficient (Wildman–Crippen LogP) is 4.44. The largest absolute Gasteiger partial charge is 0.380 e. The summed E-state index contributed by atoms with van der Waals surface area (Å²) in [4.78, 5) is 0. The highest BCUT2D eigenvalue weighted by molar-refractivity contribution is 6.30. The Labute approximate surface area is 127 Å². The van der Waals surface area contributed by atoms with Crippen LogP contribution >= 0.6 is 11.6 Å². The second kappa shape index (κ2) is 8.02. The van der Waals surface area contributed by atoms with Crippen LogP contribution in [0.2, 0.25) is 5.02 Å². The Bertz CT molecular complexity index is 386. The first-order valence-corrected chi connectivity index (χ1v) is 8.11. The molecule has 0 spiro atoms. The van der Waals surface area contributed by atoms with Crippen molar-refractivity contribution in [3.05, 3.63) is 34.9 Å². The molecular formula is C17H26ClNO. The van der Waals surface area contributed by atoms with Crippen molar-refractivity contribution in [2.24, 2.45) is 11.8 Å². The monoisotopic (exact) mass is 295 g/mol. The third-order valence-electron chi connectivity index (χ3n) is 3.77. The average Bonchev–Trinajstić information content (AvgIpc) is 3.23. The molecule has 1 fully saturated rings. The molecule has 1 aromatic rings. The van der Waals surface area contributed by atoms with Gasteiger partial charge in [-0.3, -0.25) is 0 Å². The Hall–Kier alpha value is -0.570. The molecule has 112 valence electrons. The summed E-state index contributed by atoms with van der Waals surface area (Å²) in [7, 11) is 0. The zero-order valence-corrected chi connectivity index (χ0v) is 13.3. The number of hydrogen-bond donors (Lipinski definition) is 1. The standard InChI is InChI=1S/C17H26ClNO/c1-13(2)9-11-20-12-10-19-17(14-3-4-14)15-5-7-16(18)8-6-15/h5-8,13-14,17,19H,3-4,9-12H2,1-2H3. The molecule has 0 heterocycles. The van der Waals surface area contributed by atoms with Gasteiger partial charge >= 0.3 is 0 Å². The van der Waals surface area contributed by atoms with Gasteiger partial charge in [0, 0.05) is 24.2 Å². The molecule has 0 amide bonds. The average molecular weight is 296 g/mol. The lowest BCUT2D eigenvalue weighted by Gasteiger charge is -2.19.